The minimum atomic E-state index is 0.461. The van der Waals surface area contributed by atoms with Crippen LogP contribution in [0.2, 0.25) is 5.02 Å². The lowest BCUT2D eigenvalue weighted by molar-refractivity contribution is 0.566. The van der Waals surface area contributed by atoms with Crippen molar-refractivity contribution in [1.82, 2.24) is 0 Å². The van der Waals surface area contributed by atoms with Crippen molar-refractivity contribution in [3.8, 4) is 5.75 Å². The Kier molecular flexibility index (Phi) is 3.54. The van der Waals surface area contributed by atoms with Gasteiger partial charge < -0.3 is 4.74 Å². The number of hydrogen-bond donors (Lipinski definition) is 0. The summed E-state index contributed by atoms with van der Waals surface area (Å²) in [5.41, 5.74) is 0.896. The van der Waals surface area contributed by atoms with E-state index in [4.69, 9.17) is 28.6 Å². The van der Waals surface area contributed by atoms with Gasteiger partial charge in [0.25, 0.3) is 0 Å². The summed E-state index contributed by atoms with van der Waals surface area (Å²) in [7, 11) is 0. The maximum Gasteiger partial charge on any atom is 0.198 e. The topological polar surface area (TPSA) is 9.23 Å². The maximum atomic E-state index is 5.78. The maximum absolute atomic E-state index is 5.78. The molecular formula is C13H9ClOS. The highest BCUT2D eigenvalue weighted by Gasteiger charge is 2.02. The van der Waals surface area contributed by atoms with Crippen LogP contribution in [-0.2, 0) is 0 Å². The summed E-state index contributed by atoms with van der Waals surface area (Å²) in [5.74, 6) is 0.693. The van der Waals surface area contributed by atoms with Crippen molar-refractivity contribution in [2.75, 3.05) is 0 Å². The number of halogens is 1. The van der Waals surface area contributed by atoms with Gasteiger partial charge in [0.1, 0.15) is 5.75 Å². The van der Waals surface area contributed by atoms with Crippen LogP contribution in [0.1, 0.15) is 5.56 Å². The van der Waals surface area contributed by atoms with Crippen molar-refractivity contribution in [1.29, 1.82) is 0 Å². The number of thiocarbonyl (C=S) groups is 1. The molecule has 2 rings (SSSR count). The van der Waals surface area contributed by atoms with Gasteiger partial charge in [-0.1, -0.05) is 41.9 Å². The number of rotatable bonds is 2. The molecule has 0 spiro atoms. The summed E-state index contributed by atoms with van der Waals surface area (Å²) < 4.78 is 5.53. The normalized spacial score (nSPS) is 9.81. The second-order valence-corrected chi connectivity index (χ2v) is 4.02. The highest BCUT2D eigenvalue weighted by molar-refractivity contribution is 7.80. The van der Waals surface area contributed by atoms with E-state index in [1.165, 1.54) is 0 Å². The molecule has 1 nitrogen and oxygen atoms in total. The van der Waals surface area contributed by atoms with Gasteiger partial charge in [-0.05, 0) is 36.5 Å². The molecule has 2 aromatic rings. The van der Waals surface area contributed by atoms with Gasteiger partial charge in [-0.2, -0.15) is 0 Å². The third-order valence-electron chi connectivity index (χ3n) is 2.03. The SMILES string of the molecule is S=C(Oc1ccc(Cl)cc1)c1ccccc1. The van der Waals surface area contributed by atoms with Gasteiger partial charge >= 0.3 is 0 Å². The fraction of sp³-hybridized carbons (Fsp3) is 0. The highest BCUT2D eigenvalue weighted by Crippen LogP contribution is 2.17. The average Bonchev–Trinajstić information content (AvgIpc) is 2.33. The van der Waals surface area contributed by atoms with E-state index >= 15 is 0 Å². The summed E-state index contributed by atoms with van der Waals surface area (Å²) in [6, 6.07) is 16.7. The first kappa shape index (κ1) is 11.1. The molecule has 0 radical (unpaired) electrons. The molecule has 0 aliphatic heterocycles. The summed E-state index contributed by atoms with van der Waals surface area (Å²) in [4.78, 5) is 0. The van der Waals surface area contributed by atoms with Crippen LogP contribution < -0.4 is 4.74 Å². The molecule has 16 heavy (non-hydrogen) atoms. The summed E-state index contributed by atoms with van der Waals surface area (Å²) >= 11 is 11.0. The Balaban J connectivity index is 2.11. The zero-order valence-corrected chi connectivity index (χ0v) is 9.96. The minimum absolute atomic E-state index is 0.461. The molecule has 0 amide bonds. The lowest BCUT2D eigenvalue weighted by Gasteiger charge is -2.06. The fourth-order valence-corrected chi connectivity index (χ4v) is 1.60. The van der Waals surface area contributed by atoms with E-state index in [1.807, 2.05) is 30.3 Å². The van der Waals surface area contributed by atoms with Crippen molar-refractivity contribution in [2.45, 2.75) is 0 Å². The number of benzene rings is 2. The molecule has 0 fully saturated rings. The monoisotopic (exact) mass is 248 g/mol. The van der Waals surface area contributed by atoms with Crippen LogP contribution in [0.5, 0.6) is 5.75 Å². The molecular weight excluding hydrogens is 240 g/mol. The van der Waals surface area contributed by atoms with E-state index in [2.05, 4.69) is 0 Å². The van der Waals surface area contributed by atoms with Crippen molar-refractivity contribution in [3.63, 3.8) is 0 Å². The fourth-order valence-electron chi connectivity index (χ4n) is 1.24. The lowest BCUT2D eigenvalue weighted by atomic mass is 10.2. The van der Waals surface area contributed by atoms with E-state index in [1.54, 1.807) is 24.3 Å². The number of hydrogen-bond acceptors (Lipinski definition) is 2. The van der Waals surface area contributed by atoms with Gasteiger partial charge in [0.2, 0.25) is 0 Å². The quantitative estimate of drug-likeness (QED) is 0.741. The average molecular weight is 249 g/mol. The van der Waals surface area contributed by atoms with Gasteiger partial charge in [0.05, 0.1) is 0 Å². The van der Waals surface area contributed by atoms with Crippen LogP contribution in [0.4, 0.5) is 0 Å². The zero-order chi connectivity index (χ0) is 11.4. The Morgan fingerprint density at radius 1 is 0.938 bits per heavy atom. The molecule has 0 aromatic heterocycles. The molecule has 80 valence electrons. The van der Waals surface area contributed by atoms with Gasteiger partial charge in [0, 0.05) is 10.6 Å². The number of ether oxygens (including phenoxy) is 1. The summed E-state index contributed by atoms with van der Waals surface area (Å²) in [6.45, 7) is 0. The lowest BCUT2D eigenvalue weighted by Crippen LogP contribution is -2.06. The van der Waals surface area contributed by atoms with Crippen LogP contribution in [0, 0.1) is 0 Å². The Morgan fingerprint density at radius 2 is 1.56 bits per heavy atom. The first-order valence-corrected chi connectivity index (χ1v) is 5.57. The van der Waals surface area contributed by atoms with E-state index in [-0.39, 0.29) is 0 Å². The van der Waals surface area contributed by atoms with Crippen LogP contribution in [0.3, 0.4) is 0 Å². The van der Waals surface area contributed by atoms with Crippen LogP contribution in [-0.4, -0.2) is 5.05 Å². The van der Waals surface area contributed by atoms with Gasteiger partial charge in [-0.25, -0.2) is 0 Å². The van der Waals surface area contributed by atoms with E-state index in [9.17, 15) is 0 Å². The van der Waals surface area contributed by atoms with Gasteiger partial charge in [0.15, 0.2) is 5.05 Å². The predicted octanol–water partition coefficient (Wildman–Crippen LogP) is 4.09. The molecule has 0 atom stereocenters. The third-order valence-corrected chi connectivity index (χ3v) is 2.60. The molecule has 2 aromatic carbocycles. The Labute approximate surface area is 105 Å². The van der Waals surface area contributed by atoms with E-state index in [0.717, 1.165) is 5.56 Å². The van der Waals surface area contributed by atoms with E-state index in [0.29, 0.717) is 15.8 Å². The Hall–Kier alpha value is -1.38. The summed E-state index contributed by atoms with van der Waals surface area (Å²) in [5, 5.41) is 1.14. The second-order valence-electron chi connectivity index (χ2n) is 3.21. The molecule has 0 bridgehead atoms. The Morgan fingerprint density at radius 3 is 2.19 bits per heavy atom. The smallest absolute Gasteiger partial charge is 0.198 e. The van der Waals surface area contributed by atoms with Crippen LogP contribution in [0.15, 0.2) is 54.6 Å². The minimum Gasteiger partial charge on any atom is -0.445 e. The summed E-state index contributed by atoms with van der Waals surface area (Å²) in [6.07, 6.45) is 0. The standard InChI is InChI=1S/C13H9ClOS/c14-11-6-8-12(9-7-11)15-13(16)10-4-2-1-3-5-10/h1-9H. The second kappa shape index (κ2) is 5.10. The van der Waals surface area contributed by atoms with Crippen molar-refractivity contribution >= 4 is 28.9 Å². The van der Waals surface area contributed by atoms with E-state index < -0.39 is 0 Å². The first-order chi connectivity index (χ1) is 7.75. The molecule has 0 heterocycles. The molecule has 3 heteroatoms. The molecule has 0 aliphatic rings. The molecule has 0 aliphatic carbocycles. The van der Waals surface area contributed by atoms with Gasteiger partial charge in [-0.15, -0.1) is 0 Å². The van der Waals surface area contributed by atoms with Crippen molar-refractivity contribution in [2.24, 2.45) is 0 Å². The Bertz CT molecular complexity index is 479. The largest absolute Gasteiger partial charge is 0.445 e. The van der Waals surface area contributed by atoms with Crippen LogP contribution >= 0.6 is 23.8 Å². The molecule has 0 saturated carbocycles. The zero-order valence-electron chi connectivity index (χ0n) is 8.39. The molecule has 0 N–H and O–H groups in total. The first-order valence-electron chi connectivity index (χ1n) is 4.78. The third kappa shape index (κ3) is 2.81. The van der Waals surface area contributed by atoms with Crippen molar-refractivity contribution in [3.05, 3.63) is 65.2 Å². The van der Waals surface area contributed by atoms with Crippen molar-refractivity contribution < 1.29 is 4.74 Å². The predicted molar refractivity (Wildman–Crippen MR) is 70.2 cm³/mol. The highest BCUT2D eigenvalue weighted by atomic mass is 35.5. The molecule has 0 saturated heterocycles. The molecule has 0 unspecified atom stereocenters. The van der Waals surface area contributed by atoms with Gasteiger partial charge in [-0.3, -0.25) is 0 Å². The van der Waals surface area contributed by atoms with Crippen LogP contribution in [0.25, 0.3) is 0 Å².